The van der Waals surface area contributed by atoms with E-state index >= 15 is 0 Å². The number of benzene rings is 1. The topological polar surface area (TPSA) is 79.5 Å². The van der Waals surface area contributed by atoms with Gasteiger partial charge in [0.15, 0.2) is 0 Å². The van der Waals surface area contributed by atoms with Crippen LogP contribution in [0.15, 0.2) is 40.4 Å². The van der Waals surface area contributed by atoms with Gasteiger partial charge in [-0.2, -0.15) is 13.7 Å². The molecule has 0 aromatic heterocycles. The summed E-state index contributed by atoms with van der Waals surface area (Å²) in [7, 11) is -3.88. The molecule has 0 radical (unpaired) electrons. The molecule has 2 rings (SSSR count). The molecule has 1 aromatic rings. The maximum absolute atomic E-state index is 12.1. The average molecular weight is 348 g/mol. The van der Waals surface area contributed by atoms with Gasteiger partial charge in [-0.1, -0.05) is 49.0 Å². The maximum Gasteiger partial charge on any atom is 0.358 e. The van der Waals surface area contributed by atoms with Gasteiger partial charge >= 0.3 is 10.1 Å². The van der Waals surface area contributed by atoms with Crippen LogP contribution in [0.1, 0.15) is 57.8 Å². The number of nitriles is 1. The second-order valence-electron chi connectivity index (χ2n) is 6.17. The van der Waals surface area contributed by atoms with Gasteiger partial charge in [-0.05, 0) is 44.2 Å². The van der Waals surface area contributed by atoms with Gasteiger partial charge in [-0.3, -0.25) is 4.28 Å². The summed E-state index contributed by atoms with van der Waals surface area (Å²) in [6.07, 6.45) is 8.43. The Bertz CT molecular complexity index is 678. The van der Waals surface area contributed by atoms with Gasteiger partial charge in [0.05, 0.1) is 11.8 Å². The molecule has 1 unspecified atom stereocenters. The van der Waals surface area contributed by atoms with Gasteiger partial charge < -0.3 is 0 Å². The minimum Gasteiger partial charge on any atom is -0.265 e. The Hall–Kier alpha value is -1.87. The van der Waals surface area contributed by atoms with E-state index in [-0.39, 0.29) is 10.8 Å². The van der Waals surface area contributed by atoms with Crippen molar-refractivity contribution in [3.63, 3.8) is 0 Å². The lowest BCUT2D eigenvalue weighted by Crippen LogP contribution is -2.08. The lowest BCUT2D eigenvalue weighted by Gasteiger charge is -2.09. The van der Waals surface area contributed by atoms with E-state index in [9.17, 15) is 13.7 Å². The van der Waals surface area contributed by atoms with Gasteiger partial charge in [0.2, 0.25) is 0 Å². The zero-order chi connectivity index (χ0) is 17.3. The van der Waals surface area contributed by atoms with E-state index in [1.54, 1.807) is 18.2 Å². The molecular formula is C18H24N2O3S. The molecule has 0 bridgehead atoms. The van der Waals surface area contributed by atoms with Crippen molar-refractivity contribution in [3.8, 4) is 6.07 Å². The predicted octanol–water partition coefficient (Wildman–Crippen LogP) is 4.41. The SMILES string of the molecule is N#CC1CCCCCCCC(=NOS(=O)(=O)c2ccccc2)CC1. The molecule has 5 nitrogen and oxygen atoms in total. The highest BCUT2D eigenvalue weighted by Gasteiger charge is 2.16. The fourth-order valence-corrected chi connectivity index (χ4v) is 3.59. The van der Waals surface area contributed by atoms with Crippen molar-refractivity contribution in [3.05, 3.63) is 30.3 Å². The van der Waals surface area contributed by atoms with Crippen LogP contribution >= 0.6 is 0 Å². The molecule has 0 amide bonds. The summed E-state index contributed by atoms with van der Waals surface area (Å²) in [6.45, 7) is 0. The van der Waals surface area contributed by atoms with Gasteiger partial charge in [0, 0.05) is 5.92 Å². The smallest absolute Gasteiger partial charge is 0.265 e. The van der Waals surface area contributed by atoms with Crippen molar-refractivity contribution in [1.29, 1.82) is 5.26 Å². The van der Waals surface area contributed by atoms with Gasteiger partial charge in [-0.25, -0.2) is 0 Å². The van der Waals surface area contributed by atoms with Crippen LogP contribution in [-0.2, 0) is 14.4 Å². The summed E-state index contributed by atoms with van der Waals surface area (Å²) in [5, 5.41) is 13.1. The fraction of sp³-hybridized carbons (Fsp3) is 0.556. The standard InChI is InChI=1S/C18H24N2O3S/c19-15-16-9-5-2-1-3-6-10-17(14-13-16)20-23-24(21,22)18-11-7-4-8-12-18/h4,7-8,11-12,16H,1-3,5-6,9-10,13-14H2. The Morgan fingerprint density at radius 3 is 2.46 bits per heavy atom. The minimum absolute atomic E-state index is 0.0130. The van der Waals surface area contributed by atoms with E-state index in [0.29, 0.717) is 12.8 Å². The van der Waals surface area contributed by atoms with Gasteiger partial charge in [0.25, 0.3) is 0 Å². The number of rotatable bonds is 3. The van der Waals surface area contributed by atoms with Gasteiger partial charge in [-0.15, -0.1) is 0 Å². The first-order valence-electron chi connectivity index (χ1n) is 8.56. The Morgan fingerprint density at radius 1 is 1.00 bits per heavy atom. The molecule has 24 heavy (non-hydrogen) atoms. The molecular weight excluding hydrogens is 324 g/mol. The summed E-state index contributed by atoms with van der Waals surface area (Å²) in [5.41, 5.74) is 0.733. The lowest BCUT2D eigenvalue weighted by atomic mass is 9.96. The maximum atomic E-state index is 12.1. The van der Waals surface area contributed by atoms with Crippen molar-refractivity contribution in [2.45, 2.75) is 62.7 Å². The zero-order valence-corrected chi connectivity index (χ0v) is 14.7. The quantitative estimate of drug-likeness (QED) is 0.758. The molecule has 130 valence electrons. The van der Waals surface area contributed by atoms with E-state index in [1.807, 2.05) is 0 Å². The Morgan fingerprint density at radius 2 is 1.71 bits per heavy atom. The van der Waals surface area contributed by atoms with Crippen molar-refractivity contribution >= 4 is 15.8 Å². The first kappa shape index (κ1) is 18.5. The zero-order valence-electron chi connectivity index (χ0n) is 13.9. The number of nitrogens with zero attached hydrogens (tertiary/aromatic N) is 2. The van der Waals surface area contributed by atoms with E-state index < -0.39 is 10.1 Å². The summed E-state index contributed by atoms with van der Waals surface area (Å²) in [6, 6.07) is 10.4. The summed E-state index contributed by atoms with van der Waals surface area (Å²) in [5.74, 6) is 0.0130. The van der Waals surface area contributed by atoms with Crippen LogP contribution < -0.4 is 0 Å². The molecule has 0 N–H and O–H groups in total. The summed E-state index contributed by atoms with van der Waals surface area (Å²) in [4.78, 5) is 0.0981. The number of hydrogen-bond donors (Lipinski definition) is 0. The second kappa shape index (κ2) is 9.43. The summed E-state index contributed by atoms with van der Waals surface area (Å²) < 4.78 is 29.2. The molecule has 0 spiro atoms. The minimum atomic E-state index is -3.88. The highest BCUT2D eigenvalue weighted by atomic mass is 32.2. The summed E-state index contributed by atoms with van der Waals surface area (Å²) >= 11 is 0. The van der Waals surface area contributed by atoms with Crippen molar-refractivity contribution in [2.24, 2.45) is 11.1 Å². The molecule has 1 aliphatic carbocycles. The Kier molecular flexibility index (Phi) is 7.26. The van der Waals surface area contributed by atoms with Crippen LogP contribution in [0.2, 0.25) is 0 Å². The van der Waals surface area contributed by atoms with E-state index in [1.165, 1.54) is 12.1 Å². The van der Waals surface area contributed by atoms with Crippen LogP contribution in [0, 0.1) is 17.2 Å². The third-order valence-corrected chi connectivity index (χ3v) is 5.40. The number of oxime groups is 1. The van der Waals surface area contributed by atoms with Crippen LogP contribution in [-0.4, -0.2) is 14.1 Å². The lowest BCUT2D eigenvalue weighted by molar-refractivity contribution is 0.335. The molecule has 6 heteroatoms. The van der Waals surface area contributed by atoms with Crippen LogP contribution in [0.5, 0.6) is 0 Å². The molecule has 0 saturated heterocycles. The molecule has 1 fully saturated rings. The monoisotopic (exact) mass is 348 g/mol. The fourth-order valence-electron chi connectivity index (χ4n) is 2.81. The van der Waals surface area contributed by atoms with Crippen molar-refractivity contribution < 1.29 is 12.7 Å². The highest BCUT2D eigenvalue weighted by Crippen LogP contribution is 2.20. The number of hydrogen-bond acceptors (Lipinski definition) is 5. The van der Waals surface area contributed by atoms with Crippen molar-refractivity contribution in [2.75, 3.05) is 0 Å². The van der Waals surface area contributed by atoms with Crippen molar-refractivity contribution in [1.82, 2.24) is 0 Å². The van der Waals surface area contributed by atoms with Gasteiger partial charge in [0.1, 0.15) is 4.90 Å². The first-order valence-corrected chi connectivity index (χ1v) is 9.97. The van der Waals surface area contributed by atoms with E-state index in [2.05, 4.69) is 11.2 Å². The first-order chi connectivity index (χ1) is 11.6. The Labute approximate surface area is 144 Å². The average Bonchev–Trinajstić information content (AvgIpc) is 2.65. The van der Waals surface area contributed by atoms with E-state index in [0.717, 1.165) is 50.7 Å². The molecule has 1 aliphatic rings. The molecule has 1 aromatic carbocycles. The predicted molar refractivity (Wildman–Crippen MR) is 92.8 cm³/mol. The Balaban J connectivity index is 2.05. The van der Waals surface area contributed by atoms with Crippen LogP contribution in [0.25, 0.3) is 0 Å². The van der Waals surface area contributed by atoms with Crippen LogP contribution in [0.3, 0.4) is 0 Å². The van der Waals surface area contributed by atoms with E-state index in [4.69, 9.17) is 4.28 Å². The normalized spacial score (nSPS) is 22.3. The van der Waals surface area contributed by atoms with Crippen LogP contribution in [0.4, 0.5) is 0 Å². The molecule has 0 aliphatic heterocycles. The third kappa shape index (κ3) is 5.97. The third-order valence-electron chi connectivity index (χ3n) is 4.28. The molecule has 1 saturated carbocycles. The molecule has 1 atom stereocenters. The second-order valence-corrected chi connectivity index (χ2v) is 7.70. The molecule has 0 heterocycles. The highest BCUT2D eigenvalue weighted by molar-refractivity contribution is 7.86. The largest absolute Gasteiger partial charge is 0.358 e.